The third kappa shape index (κ3) is 4.04. The highest BCUT2D eigenvalue weighted by molar-refractivity contribution is 6.43. The number of carbonyl (C=O) groups excluding carboxylic acids is 1. The summed E-state index contributed by atoms with van der Waals surface area (Å²) in [6.07, 6.45) is 1.44. The van der Waals surface area contributed by atoms with Crippen LogP contribution in [-0.4, -0.2) is 20.7 Å². The molecule has 0 spiro atoms. The van der Waals surface area contributed by atoms with Gasteiger partial charge in [0.1, 0.15) is 6.54 Å². The highest BCUT2D eigenvalue weighted by Crippen LogP contribution is 2.29. The number of nitrogens with zero attached hydrogens (tertiary/aromatic N) is 3. The monoisotopic (exact) mass is 374 g/mol. The van der Waals surface area contributed by atoms with Crippen molar-refractivity contribution in [1.82, 2.24) is 14.8 Å². The zero-order valence-electron chi connectivity index (χ0n) is 12.8. The standard InChI is InChI=1S/C17H12Cl2N4O2/c18-12-7-4-8-13(16(12)19)21-15(24)10-23-17(25)22-14(9-20-23)11-5-2-1-3-6-11/h1-9H,10H2,(H,21,24). The van der Waals surface area contributed by atoms with Crippen LogP contribution in [0.1, 0.15) is 0 Å². The maximum absolute atomic E-state index is 12.1. The summed E-state index contributed by atoms with van der Waals surface area (Å²) in [7, 11) is 0. The highest BCUT2D eigenvalue weighted by atomic mass is 35.5. The van der Waals surface area contributed by atoms with E-state index in [4.69, 9.17) is 23.2 Å². The summed E-state index contributed by atoms with van der Waals surface area (Å²) in [6.45, 7) is -0.288. The number of amides is 1. The van der Waals surface area contributed by atoms with Crippen molar-refractivity contribution in [2.75, 3.05) is 5.32 Å². The molecule has 0 fully saturated rings. The van der Waals surface area contributed by atoms with Gasteiger partial charge < -0.3 is 5.32 Å². The Morgan fingerprint density at radius 3 is 2.56 bits per heavy atom. The fraction of sp³-hybridized carbons (Fsp3) is 0.0588. The molecule has 6 nitrogen and oxygen atoms in total. The predicted molar refractivity (Wildman–Crippen MR) is 96.8 cm³/mol. The number of carbonyl (C=O) groups is 1. The summed E-state index contributed by atoms with van der Waals surface area (Å²) >= 11 is 11.9. The molecule has 0 saturated heterocycles. The molecule has 0 atom stereocenters. The van der Waals surface area contributed by atoms with Gasteiger partial charge in [-0.05, 0) is 12.1 Å². The van der Waals surface area contributed by atoms with Crippen LogP contribution in [-0.2, 0) is 11.3 Å². The van der Waals surface area contributed by atoms with Crippen LogP contribution in [0, 0.1) is 0 Å². The molecular formula is C17H12Cl2N4O2. The van der Waals surface area contributed by atoms with Crippen molar-refractivity contribution in [2.24, 2.45) is 0 Å². The van der Waals surface area contributed by atoms with Crippen LogP contribution in [0.4, 0.5) is 5.69 Å². The molecule has 25 heavy (non-hydrogen) atoms. The lowest BCUT2D eigenvalue weighted by Crippen LogP contribution is -2.31. The smallest absolute Gasteiger partial charge is 0.323 e. The minimum absolute atomic E-state index is 0.232. The Kier molecular flexibility index (Phi) is 5.11. The Morgan fingerprint density at radius 2 is 1.84 bits per heavy atom. The summed E-state index contributed by atoms with van der Waals surface area (Å²) in [5.41, 5.74) is 0.962. The van der Waals surface area contributed by atoms with Gasteiger partial charge in [0.15, 0.2) is 0 Å². The number of aromatic nitrogens is 3. The molecule has 1 heterocycles. The first kappa shape index (κ1) is 17.1. The lowest BCUT2D eigenvalue weighted by molar-refractivity contribution is -0.117. The molecule has 126 valence electrons. The lowest BCUT2D eigenvalue weighted by atomic mass is 10.2. The van der Waals surface area contributed by atoms with Crippen molar-refractivity contribution in [3.05, 3.63) is 75.3 Å². The first-order valence-electron chi connectivity index (χ1n) is 7.28. The molecule has 0 aliphatic heterocycles. The molecule has 2 aromatic carbocycles. The molecule has 0 radical (unpaired) electrons. The van der Waals surface area contributed by atoms with Crippen molar-refractivity contribution < 1.29 is 4.79 Å². The minimum atomic E-state index is -0.617. The molecular weight excluding hydrogens is 363 g/mol. The van der Waals surface area contributed by atoms with E-state index in [-0.39, 0.29) is 11.6 Å². The van der Waals surface area contributed by atoms with E-state index in [9.17, 15) is 9.59 Å². The van der Waals surface area contributed by atoms with Gasteiger partial charge in [0.25, 0.3) is 0 Å². The van der Waals surface area contributed by atoms with E-state index >= 15 is 0 Å². The van der Waals surface area contributed by atoms with Crippen molar-refractivity contribution >= 4 is 34.8 Å². The van der Waals surface area contributed by atoms with Crippen LogP contribution in [0.5, 0.6) is 0 Å². The average Bonchev–Trinajstić information content (AvgIpc) is 2.61. The molecule has 1 N–H and O–H groups in total. The van der Waals surface area contributed by atoms with Crippen LogP contribution in [0.2, 0.25) is 10.0 Å². The second kappa shape index (κ2) is 7.46. The van der Waals surface area contributed by atoms with Gasteiger partial charge >= 0.3 is 5.69 Å². The van der Waals surface area contributed by atoms with Gasteiger partial charge in [-0.2, -0.15) is 10.1 Å². The fourth-order valence-electron chi connectivity index (χ4n) is 2.15. The van der Waals surface area contributed by atoms with E-state index in [1.165, 1.54) is 6.20 Å². The summed E-state index contributed by atoms with van der Waals surface area (Å²) in [5, 5.41) is 7.14. The third-order valence-corrected chi connectivity index (χ3v) is 4.16. The molecule has 3 aromatic rings. The van der Waals surface area contributed by atoms with Crippen LogP contribution >= 0.6 is 23.2 Å². The quantitative estimate of drug-likeness (QED) is 0.760. The second-order valence-electron chi connectivity index (χ2n) is 5.10. The van der Waals surface area contributed by atoms with Crippen molar-refractivity contribution in [3.8, 4) is 11.3 Å². The summed E-state index contributed by atoms with van der Waals surface area (Å²) in [6, 6.07) is 14.1. The van der Waals surface area contributed by atoms with Crippen LogP contribution < -0.4 is 11.0 Å². The largest absolute Gasteiger partial charge is 0.365 e. The van der Waals surface area contributed by atoms with Gasteiger partial charge in [-0.3, -0.25) is 4.79 Å². The number of hydrogen-bond acceptors (Lipinski definition) is 4. The van der Waals surface area contributed by atoms with Crippen molar-refractivity contribution in [1.29, 1.82) is 0 Å². The van der Waals surface area contributed by atoms with Crippen LogP contribution in [0.3, 0.4) is 0 Å². The third-order valence-electron chi connectivity index (χ3n) is 3.34. The van der Waals surface area contributed by atoms with Gasteiger partial charge in [-0.15, -0.1) is 0 Å². The maximum atomic E-state index is 12.1. The number of hydrogen-bond donors (Lipinski definition) is 1. The molecule has 8 heteroatoms. The van der Waals surface area contributed by atoms with E-state index in [0.717, 1.165) is 10.2 Å². The summed E-state index contributed by atoms with van der Waals surface area (Å²) in [4.78, 5) is 28.1. The Balaban J connectivity index is 1.76. The number of halogens is 2. The van der Waals surface area contributed by atoms with Crippen molar-refractivity contribution in [2.45, 2.75) is 6.54 Å². The molecule has 0 bridgehead atoms. The van der Waals surface area contributed by atoms with Gasteiger partial charge in [0.05, 0.1) is 27.6 Å². The molecule has 0 aliphatic carbocycles. The number of anilines is 1. The first-order valence-corrected chi connectivity index (χ1v) is 8.03. The zero-order valence-corrected chi connectivity index (χ0v) is 14.3. The zero-order chi connectivity index (χ0) is 17.8. The van der Waals surface area contributed by atoms with E-state index in [1.807, 2.05) is 30.3 Å². The maximum Gasteiger partial charge on any atom is 0.365 e. The SMILES string of the molecule is O=C(Cn1ncc(-c2ccccc2)nc1=O)Nc1cccc(Cl)c1Cl. The second-order valence-corrected chi connectivity index (χ2v) is 5.88. The molecule has 0 aliphatic rings. The van der Waals surface area contributed by atoms with Crippen molar-refractivity contribution in [3.63, 3.8) is 0 Å². The van der Waals surface area contributed by atoms with Gasteiger partial charge in [-0.25, -0.2) is 9.48 Å². The normalized spacial score (nSPS) is 10.5. The summed E-state index contributed by atoms with van der Waals surface area (Å²) in [5.74, 6) is -0.465. The topological polar surface area (TPSA) is 76.9 Å². The Bertz CT molecular complexity index is 974. The van der Waals surface area contributed by atoms with Gasteiger partial charge in [0, 0.05) is 5.56 Å². The summed E-state index contributed by atoms with van der Waals surface area (Å²) < 4.78 is 0.972. The molecule has 0 saturated carbocycles. The van der Waals surface area contributed by atoms with Gasteiger partial charge in [-0.1, -0.05) is 59.6 Å². The van der Waals surface area contributed by atoms with E-state index < -0.39 is 11.6 Å². The first-order chi connectivity index (χ1) is 12.0. The fourth-order valence-corrected chi connectivity index (χ4v) is 2.49. The Labute approximate surface area is 153 Å². The predicted octanol–water partition coefficient (Wildman–Crippen LogP) is 3.25. The number of nitrogens with one attached hydrogen (secondary N) is 1. The van der Waals surface area contributed by atoms with Crippen LogP contribution in [0.25, 0.3) is 11.3 Å². The minimum Gasteiger partial charge on any atom is -0.323 e. The van der Waals surface area contributed by atoms with E-state index in [1.54, 1.807) is 18.2 Å². The lowest BCUT2D eigenvalue weighted by Gasteiger charge is -2.09. The number of benzene rings is 2. The van der Waals surface area contributed by atoms with E-state index in [2.05, 4.69) is 15.4 Å². The van der Waals surface area contributed by atoms with Gasteiger partial charge in [0.2, 0.25) is 5.91 Å². The Hall–Kier alpha value is -2.70. The van der Waals surface area contributed by atoms with E-state index in [0.29, 0.717) is 16.4 Å². The molecule has 3 rings (SSSR count). The molecule has 1 aromatic heterocycles. The Morgan fingerprint density at radius 1 is 1.08 bits per heavy atom. The van der Waals surface area contributed by atoms with Crippen LogP contribution in [0.15, 0.2) is 59.5 Å². The molecule has 0 unspecified atom stereocenters. The molecule has 1 amide bonds. The average molecular weight is 375 g/mol. The number of rotatable bonds is 4. The highest BCUT2D eigenvalue weighted by Gasteiger charge is 2.11.